The van der Waals surface area contributed by atoms with Gasteiger partial charge in [-0.25, -0.2) is 9.67 Å². The van der Waals surface area contributed by atoms with Crippen molar-refractivity contribution in [2.24, 2.45) is 7.05 Å². The lowest BCUT2D eigenvalue weighted by Gasteiger charge is -2.16. The molecule has 0 spiro atoms. The summed E-state index contributed by atoms with van der Waals surface area (Å²) >= 11 is 0. The van der Waals surface area contributed by atoms with Crippen LogP contribution in [0.25, 0.3) is 16.5 Å². The molecule has 4 aromatic rings. The topological polar surface area (TPSA) is 81.8 Å². The van der Waals surface area contributed by atoms with E-state index >= 15 is 0 Å². The van der Waals surface area contributed by atoms with Crippen LogP contribution in [0, 0.1) is 0 Å². The first-order valence-electron chi connectivity index (χ1n) is 8.90. The zero-order chi connectivity index (χ0) is 19.7. The first-order valence-corrected chi connectivity index (χ1v) is 8.90. The van der Waals surface area contributed by atoms with Gasteiger partial charge in [0, 0.05) is 30.5 Å². The van der Waals surface area contributed by atoms with E-state index in [9.17, 15) is 9.59 Å². The van der Waals surface area contributed by atoms with Gasteiger partial charge in [-0.1, -0.05) is 30.3 Å². The van der Waals surface area contributed by atoms with E-state index in [0.29, 0.717) is 10.8 Å². The number of hydrogen-bond acceptors (Lipinski definition) is 4. The highest BCUT2D eigenvalue weighted by molar-refractivity contribution is 6.04. The Morgan fingerprint density at radius 2 is 1.79 bits per heavy atom. The third kappa shape index (κ3) is 3.18. The van der Waals surface area contributed by atoms with Crippen molar-refractivity contribution in [3.8, 4) is 5.69 Å². The molecule has 4 rings (SSSR count). The fourth-order valence-corrected chi connectivity index (χ4v) is 3.16. The van der Waals surface area contributed by atoms with Crippen molar-refractivity contribution in [3.63, 3.8) is 0 Å². The Morgan fingerprint density at radius 1 is 1.07 bits per heavy atom. The third-order valence-electron chi connectivity index (χ3n) is 4.71. The second-order valence-electron chi connectivity index (χ2n) is 6.58. The Kier molecular flexibility index (Phi) is 4.49. The Hall–Kier alpha value is -3.74. The highest BCUT2D eigenvalue weighted by atomic mass is 16.2. The third-order valence-corrected chi connectivity index (χ3v) is 4.71. The van der Waals surface area contributed by atoms with Crippen LogP contribution in [0.3, 0.4) is 0 Å². The van der Waals surface area contributed by atoms with Crippen molar-refractivity contribution in [1.29, 1.82) is 0 Å². The fourth-order valence-electron chi connectivity index (χ4n) is 3.16. The lowest BCUT2D eigenvalue weighted by molar-refractivity contribution is 0.0934. The number of carbonyl (C=O) groups is 1. The number of benzene rings is 2. The maximum Gasteiger partial charge on any atom is 0.274 e. The van der Waals surface area contributed by atoms with Gasteiger partial charge in [0.25, 0.3) is 11.5 Å². The molecule has 140 valence electrons. The maximum atomic E-state index is 12.9. The second kappa shape index (κ2) is 7.11. The summed E-state index contributed by atoms with van der Waals surface area (Å²) in [5.74, 6) is -0.321. The van der Waals surface area contributed by atoms with Crippen molar-refractivity contribution < 1.29 is 4.79 Å². The van der Waals surface area contributed by atoms with Crippen LogP contribution in [-0.4, -0.2) is 25.2 Å². The molecule has 7 heteroatoms. The maximum absolute atomic E-state index is 12.9. The van der Waals surface area contributed by atoms with E-state index in [2.05, 4.69) is 15.4 Å². The van der Waals surface area contributed by atoms with Gasteiger partial charge >= 0.3 is 0 Å². The molecule has 0 aliphatic carbocycles. The predicted molar refractivity (Wildman–Crippen MR) is 106 cm³/mol. The average molecular weight is 373 g/mol. The zero-order valence-corrected chi connectivity index (χ0v) is 15.5. The molecule has 0 saturated carbocycles. The smallest absolute Gasteiger partial charge is 0.274 e. The number of aryl methyl sites for hydroxylation is 1. The van der Waals surface area contributed by atoms with E-state index in [-0.39, 0.29) is 23.2 Å². The minimum absolute atomic E-state index is 0.220. The molecule has 0 radical (unpaired) electrons. The van der Waals surface area contributed by atoms with Crippen molar-refractivity contribution in [2.75, 3.05) is 0 Å². The van der Waals surface area contributed by atoms with E-state index < -0.39 is 0 Å². The van der Waals surface area contributed by atoms with Gasteiger partial charge in [-0.2, -0.15) is 5.10 Å². The molecule has 1 unspecified atom stereocenters. The number of aromatic nitrogens is 4. The van der Waals surface area contributed by atoms with Gasteiger partial charge < -0.3 is 9.88 Å². The van der Waals surface area contributed by atoms with Gasteiger partial charge in [0.05, 0.1) is 17.8 Å². The highest BCUT2D eigenvalue weighted by Gasteiger charge is 2.18. The van der Waals surface area contributed by atoms with Crippen molar-refractivity contribution >= 4 is 16.7 Å². The molecule has 2 heterocycles. The molecule has 1 atom stereocenters. The van der Waals surface area contributed by atoms with E-state index in [1.54, 1.807) is 43.8 Å². The number of amides is 1. The SMILES string of the molecule is CC(NC(=O)c1nn(C)c(=O)c2ccccc12)c1ccc(-n2ccnc2)cc1. The van der Waals surface area contributed by atoms with Crippen LogP contribution in [0.1, 0.15) is 29.0 Å². The first-order chi connectivity index (χ1) is 13.5. The summed E-state index contributed by atoms with van der Waals surface area (Å²) in [5, 5.41) is 8.17. The Balaban J connectivity index is 1.59. The normalized spacial score (nSPS) is 12.1. The molecule has 0 bridgehead atoms. The van der Waals surface area contributed by atoms with Crippen LogP contribution in [-0.2, 0) is 7.05 Å². The molecule has 2 aromatic heterocycles. The first kappa shape index (κ1) is 17.7. The number of nitrogens with zero attached hydrogens (tertiary/aromatic N) is 4. The number of hydrogen-bond donors (Lipinski definition) is 1. The van der Waals surface area contributed by atoms with Crippen LogP contribution in [0.4, 0.5) is 0 Å². The molecular formula is C21H19N5O2. The predicted octanol–water partition coefficient (Wildman–Crippen LogP) is 2.61. The monoisotopic (exact) mass is 373 g/mol. The molecule has 0 saturated heterocycles. The number of fused-ring (bicyclic) bond motifs is 1. The number of nitrogens with one attached hydrogen (secondary N) is 1. The minimum atomic E-state index is -0.321. The van der Waals surface area contributed by atoms with Crippen molar-refractivity contribution in [3.05, 3.63) is 88.9 Å². The van der Waals surface area contributed by atoms with Crippen molar-refractivity contribution in [1.82, 2.24) is 24.6 Å². The van der Waals surface area contributed by atoms with E-state index in [1.807, 2.05) is 42.0 Å². The number of carbonyl (C=O) groups excluding carboxylic acids is 1. The molecule has 7 nitrogen and oxygen atoms in total. The van der Waals surface area contributed by atoms with Gasteiger partial charge in [-0.3, -0.25) is 9.59 Å². The summed E-state index contributed by atoms with van der Waals surface area (Å²) in [6, 6.07) is 14.7. The summed E-state index contributed by atoms with van der Waals surface area (Å²) in [5.41, 5.74) is 1.96. The van der Waals surface area contributed by atoms with Crippen molar-refractivity contribution in [2.45, 2.75) is 13.0 Å². The highest BCUT2D eigenvalue weighted by Crippen LogP contribution is 2.18. The summed E-state index contributed by atoms with van der Waals surface area (Å²) < 4.78 is 3.11. The number of rotatable bonds is 4. The molecule has 2 aromatic carbocycles. The molecule has 28 heavy (non-hydrogen) atoms. The summed E-state index contributed by atoms with van der Waals surface area (Å²) in [4.78, 5) is 29.1. The van der Waals surface area contributed by atoms with E-state index in [4.69, 9.17) is 0 Å². The van der Waals surface area contributed by atoms with Gasteiger partial charge in [0.15, 0.2) is 5.69 Å². The van der Waals surface area contributed by atoms with E-state index in [0.717, 1.165) is 11.3 Å². The number of imidazole rings is 1. The van der Waals surface area contributed by atoms with Crippen LogP contribution >= 0.6 is 0 Å². The van der Waals surface area contributed by atoms with Crippen LogP contribution in [0.2, 0.25) is 0 Å². The largest absolute Gasteiger partial charge is 0.344 e. The Morgan fingerprint density at radius 3 is 2.46 bits per heavy atom. The van der Waals surface area contributed by atoms with Gasteiger partial charge in [-0.05, 0) is 30.7 Å². The van der Waals surface area contributed by atoms with E-state index in [1.165, 1.54) is 4.68 Å². The summed E-state index contributed by atoms with van der Waals surface area (Å²) in [6.07, 6.45) is 5.33. The molecule has 1 amide bonds. The van der Waals surface area contributed by atoms with Crippen LogP contribution in [0.5, 0.6) is 0 Å². The molecule has 0 fully saturated rings. The average Bonchev–Trinajstić information content (AvgIpc) is 3.25. The lowest BCUT2D eigenvalue weighted by Crippen LogP contribution is -2.31. The molecule has 0 aliphatic rings. The summed E-state index contributed by atoms with van der Waals surface area (Å²) in [6.45, 7) is 1.91. The fraction of sp³-hybridized carbons (Fsp3) is 0.143. The second-order valence-corrected chi connectivity index (χ2v) is 6.58. The Bertz CT molecular complexity index is 1190. The quantitative estimate of drug-likeness (QED) is 0.596. The molecular weight excluding hydrogens is 354 g/mol. The molecule has 1 N–H and O–H groups in total. The van der Waals surface area contributed by atoms with Gasteiger partial charge in [-0.15, -0.1) is 0 Å². The zero-order valence-electron chi connectivity index (χ0n) is 15.5. The van der Waals surface area contributed by atoms with Crippen LogP contribution < -0.4 is 10.9 Å². The standard InChI is InChI=1S/C21H19N5O2/c1-14(15-7-9-16(10-8-15)26-12-11-22-13-26)23-20(27)19-17-5-3-4-6-18(17)21(28)25(2)24-19/h3-14H,1-2H3,(H,23,27). The minimum Gasteiger partial charge on any atom is -0.344 e. The van der Waals surface area contributed by atoms with Crippen LogP contribution in [0.15, 0.2) is 72.0 Å². The van der Waals surface area contributed by atoms with Gasteiger partial charge in [0.2, 0.25) is 0 Å². The van der Waals surface area contributed by atoms with Gasteiger partial charge in [0.1, 0.15) is 0 Å². The lowest BCUT2D eigenvalue weighted by atomic mass is 10.1. The summed E-state index contributed by atoms with van der Waals surface area (Å²) in [7, 11) is 1.55. The Labute approximate surface area is 161 Å². The molecule has 0 aliphatic heterocycles.